The van der Waals surface area contributed by atoms with Crippen molar-refractivity contribution in [2.24, 2.45) is 0 Å². The fraction of sp³-hybridized carbons (Fsp3) is 0.400. The molecule has 0 radical (unpaired) electrons. The van der Waals surface area contributed by atoms with Crippen LogP contribution in [0.25, 0.3) is 0 Å². The molecule has 2 aromatic rings. The molecule has 1 unspecified atom stereocenters. The number of nitrogens with one attached hydrogen (secondary N) is 1. The third kappa shape index (κ3) is 5.08. The highest BCUT2D eigenvalue weighted by atomic mass is 32.1. The normalized spacial score (nSPS) is 16.0. The van der Waals surface area contributed by atoms with Crippen LogP contribution in [0.3, 0.4) is 0 Å². The van der Waals surface area contributed by atoms with Crippen molar-refractivity contribution in [2.75, 3.05) is 39.8 Å². The Morgan fingerprint density at radius 2 is 1.96 bits per heavy atom. The molecule has 3 rings (SSSR count). The second kappa shape index (κ2) is 9.01. The van der Waals surface area contributed by atoms with E-state index in [9.17, 15) is 9.59 Å². The molecule has 1 aliphatic rings. The minimum absolute atomic E-state index is 0.00400. The summed E-state index contributed by atoms with van der Waals surface area (Å²) in [5, 5.41) is 5.05. The van der Waals surface area contributed by atoms with Crippen LogP contribution in [0, 0.1) is 0 Å². The molecule has 27 heavy (non-hydrogen) atoms. The molecule has 2 amide bonds. The Bertz CT molecular complexity index is 771. The third-order valence-electron chi connectivity index (χ3n) is 4.69. The van der Waals surface area contributed by atoms with Crippen molar-refractivity contribution in [3.8, 4) is 5.75 Å². The number of thiophene rings is 1. The van der Waals surface area contributed by atoms with Crippen LogP contribution >= 0.6 is 11.3 Å². The van der Waals surface area contributed by atoms with Crippen molar-refractivity contribution in [2.45, 2.75) is 13.0 Å². The summed E-state index contributed by atoms with van der Waals surface area (Å²) in [6, 6.07) is 11.2. The van der Waals surface area contributed by atoms with Crippen molar-refractivity contribution in [1.82, 2.24) is 15.1 Å². The maximum atomic E-state index is 12.6. The fourth-order valence-corrected chi connectivity index (χ4v) is 3.88. The number of carbonyl (C=O) groups is 2. The van der Waals surface area contributed by atoms with Crippen molar-refractivity contribution in [3.05, 3.63) is 52.2 Å². The topological polar surface area (TPSA) is 61.9 Å². The zero-order chi connectivity index (χ0) is 19.2. The number of benzene rings is 1. The van der Waals surface area contributed by atoms with Gasteiger partial charge in [0.15, 0.2) is 0 Å². The van der Waals surface area contributed by atoms with E-state index in [1.165, 1.54) is 0 Å². The number of carbonyl (C=O) groups excluding carboxylic acids is 2. The highest BCUT2D eigenvalue weighted by Gasteiger charge is 2.24. The van der Waals surface area contributed by atoms with Gasteiger partial charge in [-0.05, 0) is 36.6 Å². The second-order valence-electron chi connectivity index (χ2n) is 6.60. The first kappa shape index (κ1) is 19.4. The number of hydrogen-bond donors (Lipinski definition) is 1. The van der Waals surface area contributed by atoms with Gasteiger partial charge in [0.05, 0.1) is 19.7 Å². The fourth-order valence-electron chi connectivity index (χ4n) is 3.15. The van der Waals surface area contributed by atoms with Crippen LogP contribution < -0.4 is 10.1 Å². The predicted molar refractivity (Wildman–Crippen MR) is 106 cm³/mol. The lowest BCUT2D eigenvalue weighted by atomic mass is 10.1. The lowest BCUT2D eigenvalue weighted by Gasteiger charge is -2.34. The first-order chi connectivity index (χ1) is 13.1. The first-order valence-corrected chi connectivity index (χ1v) is 9.93. The van der Waals surface area contributed by atoms with Gasteiger partial charge in [-0.2, -0.15) is 0 Å². The lowest BCUT2D eigenvalue weighted by Crippen LogP contribution is -2.51. The van der Waals surface area contributed by atoms with Crippen LogP contribution in [0.4, 0.5) is 0 Å². The molecule has 1 saturated heterocycles. The summed E-state index contributed by atoms with van der Waals surface area (Å²) in [4.78, 5) is 30.0. The maximum Gasteiger partial charge on any atom is 0.254 e. The van der Waals surface area contributed by atoms with Crippen LogP contribution in [0.1, 0.15) is 28.2 Å². The highest BCUT2D eigenvalue weighted by Crippen LogP contribution is 2.18. The zero-order valence-corrected chi connectivity index (χ0v) is 16.5. The van der Waals surface area contributed by atoms with Crippen molar-refractivity contribution < 1.29 is 14.3 Å². The van der Waals surface area contributed by atoms with E-state index in [2.05, 4.69) is 10.2 Å². The van der Waals surface area contributed by atoms with Crippen molar-refractivity contribution in [1.29, 1.82) is 0 Å². The minimum Gasteiger partial charge on any atom is -0.497 e. The molecular weight excluding hydrogens is 362 g/mol. The third-order valence-corrected chi connectivity index (χ3v) is 5.75. The Morgan fingerprint density at radius 1 is 1.19 bits per heavy atom. The minimum atomic E-state index is 0.00400. The van der Waals surface area contributed by atoms with Gasteiger partial charge in [-0.3, -0.25) is 14.5 Å². The number of ether oxygens (including phenoxy) is 1. The molecule has 7 heteroatoms. The summed E-state index contributed by atoms with van der Waals surface area (Å²) in [5.41, 5.74) is 0.630. The molecule has 1 fully saturated rings. The number of piperazine rings is 1. The van der Waals surface area contributed by atoms with Gasteiger partial charge >= 0.3 is 0 Å². The molecule has 0 bridgehead atoms. The summed E-state index contributed by atoms with van der Waals surface area (Å²) in [5.74, 6) is 0.698. The molecule has 6 nitrogen and oxygen atoms in total. The highest BCUT2D eigenvalue weighted by molar-refractivity contribution is 7.10. The summed E-state index contributed by atoms with van der Waals surface area (Å²) in [6.07, 6.45) is 0. The summed E-state index contributed by atoms with van der Waals surface area (Å²) < 4.78 is 5.19. The molecular formula is C20H25N3O3S. The van der Waals surface area contributed by atoms with Crippen LogP contribution in [-0.2, 0) is 4.79 Å². The smallest absolute Gasteiger partial charge is 0.254 e. The maximum absolute atomic E-state index is 12.6. The first-order valence-electron chi connectivity index (χ1n) is 9.05. The van der Waals surface area contributed by atoms with Crippen LogP contribution in [-0.4, -0.2) is 61.4 Å². The van der Waals surface area contributed by atoms with E-state index in [0.29, 0.717) is 44.0 Å². The Hall–Kier alpha value is -2.38. The van der Waals surface area contributed by atoms with Crippen LogP contribution in [0.15, 0.2) is 41.8 Å². The Kier molecular flexibility index (Phi) is 6.47. The molecule has 1 atom stereocenters. The molecule has 1 aromatic carbocycles. The van der Waals surface area contributed by atoms with E-state index < -0.39 is 0 Å². The molecule has 2 heterocycles. The molecule has 1 aromatic heterocycles. The second-order valence-corrected chi connectivity index (χ2v) is 7.58. The van der Waals surface area contributed by atoms with Crippen molar-refractivity contribution >= 4 is 23.2 Å². The van der Waals surface area contributed by atoms with Gasteiger partial charge < -0.3 is 15.0 Å². The van der Waals surface area contributed by atoms with E-state index in [0.717, 1.165) is 4.88 Å². The van der Waals surface area contributed by atoms with Gasteiger partial charge in [-0.15, -0.1) is 11.3 Å². The number of hydrogen-bond acceptors (Lipinski definition) is 5. The average Bonchev–Trinajstić information content (AvgIpc) is 3.23. The van der Waals surface area contributed by atoms with Gasteiger partial charge in [0, 0.05) is 36.6 Å². The summed E-state index contributed by atoms with van der Waals surface area (Å²) in [6.45, 7) is 4.96. The number of nitrogens with zero attached hydrogens (tertiary/aromatic N) is 2. The molecule has 1 aliphatic heterocycles. The SMILES string of the molecule is COc1cccc(C(=O)N2CCN(CC(=O)NC(C)c3cccs3)CC2)c1. The van der Waals surface area contributed by atoms with Gasteiger partial charge in [-0.1, -0.05) is 12.1 Å². The molecule has 0 spiro atoms. The van der Waals surface area contributed by atoms with Gasteiger partial charge in [-0.25, -0.2) is 0 Å². The number of rotatable bonds is 6. The molecule has 0 saturated carbocycles. The van der Waals surface area contributed by atoms with Crippen LogP contribution in [0.2, 0.25) is 0 Å². The van der Waals surface area contributed by atoms with Crippen LogP contribution in [0.5, 0.6) is 5.75 Å². The monoisotopic (exact) mass is 387 g/mol. The van der Waals surface area contributed by atoms with E-state index >= 15 is 0 Å². The number of methoxy groups -OCH3 is 1. The molecule has 144 valence electrons. The summed E-state index contributed by atoms with van der Waals surface area (Å²) in [7, 11) is 1.59. The van der Waals surface area contributed by atoms with Gasteiger partial charge in [0.2, 0.25) is 5.91 Å². The van der Waals surface area contributed by atoms with E-state index in [-0.39, 0.29) is 17.9 Å². The van der Waals surface area contributed by atoms with Gasteiger partial charge in [0.1, 0.15) is 5.75 Å². The Labute approximate surface area is 163 Å². The van der Waals surface area contributed by atoms with Gasteiger partial charge in [0.25, 0.3) is 5.91 Å². The quantitative estimate of drug-likeness (QED) is 0.827. The van der Waals surface area contributed by atoms with Crippen molar-refractivity contribution in [3.63, 3.8) is 0 Å². The molecule has 0 aliphatic carbocycles. The average molecular weight is 388 g/mol. The Balaban J connectivity index is 1.47. The van der Waals surface area contributed by atoms with E-state index in [1.54, 1.807) is 30.6 Å². The number of amides is 2. The zero-order valence-electron chi connectivity index (χ0n) is 15.7. The van der Waals surface area contributed by atoms with E-state index in [1.807, 2.05) is 41.5 Å². The lowest BCUT2D eigenvalue weighted by molar-refractivity contribution is -0.123. The van der Waals surface area contributed by atoms with E-state index in [4.69, 9.17) is 4.74 Å². The molecule has 1 N–H and O–H groups in total. The predicted octanol–water partition coefficient (Wildman–Crippen LogP) is 2.39. The summed E-state index contributed by atoms with van der Waals surface area (Å²) >= 11 is 1.64. The largest absolute Gasteiger partial charge is 0.497 e. The Morgan fingerprint density at radius 3 is 2.63 bits per heavy atom. The standard InChI is InChI=1S/C20H25N3O3S/c1-15(18-7-4-12-27-18)21-19(24)14-22-8-10-23(11-9-22)20(25)16-5-3-6-17(13-16)26-2/h3-7,12-13,15H,8-11,14H2,1-2H3,(H,21,24).